The Balaban J connectivity index is 3.23. The molecular formula is C6H7N5O2. The van der Waals surface area contributed by atoms with Crippen molar-refractivity contribution in [3.8, 4) is 0 Å². The number of hydrogen-bond donors (Lipinski definition) is 1. The summed E-state index contributed by atoms with van der Waals surface area (Å²) in [6, 6.07) is 0. The van der Waals surface area contributed by atoms with Crippen molar-refractivity contribution in [2.45, 2.75) is 13.6 Å². The Labute approximate surface area is 72.3 Å². The molecule has 7 heteroatoms. The van der Waals surface area contributed by atoms with Gasteiger partial charge in [0, 0.05) is 16.7 Å². The van der Waals surface area contributed by atoms with Gasteiger partial charge in [-0.15, -0.1) is 0 Å². The normalized spacial score (nSPS) is 9.31. The number of hydrogen-bond acceptors (Lipinski definition) is 3. The number of nitrogens with zero attached hydrogens (tertiary/aromatic N) is 4. The summed E-state index contributed by atoms with van der Waals surface area (Å²) in [7, 11) is 0. The van der Waals surface area contributed by atoms with Crippen LogP contribution >= 0.6 is 0 Å². The van der Waals surface area contributed by atoms with Crippen LogP contribution in [0, 0.1) is 6.92 Å². The molecule has 0 aliphatic heterocycles. The maximum absolute atomic E-state index is 11.0. The van der Waals surface area contributed by atoms with Gasteiger partial charge in [0.25, 0.3) is 5.56 Å². The molecule has 1 rings (SSSR count). The highest BCUT2D eigenvalue weighted by Crippen LogP contribution is 1.84. The van der Waals surface area contributed by atoms with E-state index in [2.05, 4.69) is 15.0 Å². The van der Waals surface area contributed by atoms with E-state index in [0.717, 1.165) is 4.57 Å². The predicted molar refractivity (Wildman–Crippen MR) is 45.2 cm³/mol. The van der Waals surface area contributed by atoms with Gasteiger partial charge in [-0.1, -0.05) is 5.11 Å². The first-order valence-electron chi connectivity index (χ1n) is 3.46. The van der Waals surface area contributed by atoms with Crippen molar-refractivity contribution in [3.05, 3.63) is 43.0 Å². The Morgan fingerprint density at radius 3 is 3.00 bits per heavy atom. The average molecular weight is 181 g/mol. The van der Waals surface area contributed by atoms with Crippen molar-refractivity contribution in [2.24, 2.45) is 5.11 Å². The maximum atomic E-state index is 11.0. The van der Waals surface area contributed by atoms with Gasteiger partial charge in [0.05, 0.1) is 0 Å². The van der Waals surface area contributed by atoms with E-state index >= 15 is 0 Å². The second kappa shape index (κ2) is 3.59. The fourth-order valence-electron chi connectivity index (χ4n) is 0.820. The highest BCUT2D eigenvalue weighted by Gasteiger charge is 1.97. The van der Waals surface area contributed by atoms with Crippen molar-refractivity contribution in [2.75, 3.05) is 0 Å². The van der Waals surface area contributed by atoms with E-state index in [0.29, 0.717) is 5.56 Å². The van der Waals surface area contributed by atoms with E-state index in [1.807, 2.05) is 0 Å². The first-order valence-corrected chi connectivity index (χ1v) is 3.46. The van der Waals surface area contributed by atoms with Gasteiger partial charge in [0.1, 0.15) is 6.67 Å². The molecule has 0 amide bonds. The SMILES string of the molecule is Cc1cn(CN=[N+]=[N-])c(=O)[nH]c1=O. The standard InChI is InChI=1S/C6H7N5O2/c1-4-2-11(3-8-10-7)6(13)9-5(4)12/h2H,3H2,1H3,(H,9,12,13). The molecule has 1 aromatic rings. The Kier molecular flexibility index (Phi) is 2.51. The van der Waals surface area contributed by atoms with Crippen molar-refractivity contribution in [3.63, 3.8) is 0 Å². The first-order chi connectivity index (χ1) is 6.15. The molecule has 0 spiro atoms. The monoisotopic (exact) mass is 181 g/mol. The Morgan fingerprint density at radius 2 is 2.38 bits per heavy atom. The van der Waals surface area contributed by atoms with Crippen molar-refractivity contribution in [1.29, 1.82) is 0 Å². The van der Waals surface area contributed by atoms with Crippen LogP contribution in [0.4, 0.5) is 0 Å². The van der Waals surface area contributed by atoms with E-state index in [1.54, 1.807) is 6.92 Å². The lowest BCUT2D eigenvalue weighted by Crippen LogP contribution is -2.30. The number of aromatic amines is 1. The summed E-state index contributed by atoms with van der Waals surface area (Å²) in [6.45, 7) is 1.44. The van der Waals surface area contributed by atoms with Gasteiger partial charge in [-0.25, -0.2) is 4.79 Å². The zero-order chi connectivity index (χ0) is 9.84. The number of azide groups is 1. The molecule has 0 radical (unpaired) electrons. The van der Waals surface area contributed by atoms with Crippen LogP contribution in [0.2, 0.25) is 0 Å². The van der Waals surface area contributed by atoms with Crippen LogP contribution < -0.4 is 11.2 Å². The molecule has 0 atom stereocenters. The quantitative estimate of drug-likeness (QED) is 0.397. The number of aryl methyl sites for hydroxylation is 1. The highest BCUT2D eigenvalue weighted by atomic mass is 16.2. The van der Waals surface area contributed by atoms with Gasteiger partial charge < -0.3 is 0 Å². The fourth-order valence-corrected chi connectivity index (χ4v) is 0.820. The minimum absolute atomic E-state index is 0.118. The zero-order valence-electron chi connectivity index (χ0n) is 6.89. The number of H-pyrrole nitrogens is 1. The summed E-state index contributed by atoms with van der Waals surface area (Å²) in [5, 5.41) is 3.20. The van der Waals surface area contributed by atoms with Gasteiger partial charge in [-0.05, 0) is 12.5 Å². The highest BCUT2D eigenvalue weighted by molar-refractivity contribution is 5.00. The average Bonchev–Trinajstić information content (AvgIpc) is 2.09. The molecule has 0 unspecified atom stereocenters. The lowest BCUT2D eigenvalue weighted by molar-refractivity contribution is 0.662. The van der Waals surface area contributed by atoms with Crippen LogP contribution in [0.1, 0.15) is 5.56 Å². The number of nitrogens with one attached hydrogen (secondary N) is 1. The third kappa shape index (κ3) is 1.97. The minimum Gasteiger partial charge on any atom is -0.294 e. The van der Waals surface area contributed by atoms with Gasteiger partial charge in [0.2, 0.25) is 0 Å². The minimum atomic E-state index is -0.581. The van der Waals surface area contributed by atoms with E-state index in [1.165, 1.54) is 6.20 Å². The summed E-state index contributed by atoms with van der Waals surface area (Å²) in [4.78, 5) is 26.5. The van der Waals surface area contributed by atoms with E-state index in [-0.39, 0.29) is 6.67 Å². The molecule has 0 saturated heterocycles. The van der Waals surface area contributed by atoms with Crippen molar-refractivity contribution in [1.82, 2.24) is 9.55 Å². The van der Waals surface area contributed by atoms with Crippen molar-refractivity contribution >= 4 is 0 Å². The third-order valence-corrected chi connectivity index (χ3v) is 1.47. The van der Waals surface area contributed by atoms with Gasteiger partial charge in [-0.2, -0.15) is 0 Å². The molecule has 13 heavy (non-hydrogen) atoms. The van der Waals surface area contributed by atoms with E-state index in [9.17, 15) is 9.59 Å². The van der Waals surface area contributed by atoms with Crippen LogP contribution in [0.5, 0.6) is 0 Å². The smallest absolute Gasteiger partial charge is 0.294 e. The predicted octanol–water partition coefficient (Wildman–Crippen LogP) is 0.113. The molecule has 0 saturated carbocycles. The summed E-state index contributed by atoms with van der Waals surface area (Å²) in [5.41, 5.74) is 7.40. The Morgan fingerprint density at radius 1 is 1.69 bits per heavy atom. The summed E-state index contributed by atoms with van der Waals surface area (Å²) in [5.74, 6) is 0. The zero-order valence-corrected chi connectivity index (χ0v) is 6.89. The second-order valence-electron chi connectivity index (χ2n) is 2.41. The molecule has 0 aromatic carbocycles. The molecule has 1 heterocycles. The van der Waals surface area contributed by atoms with Crippen LogP contribution in [-0.2, 0) is 6.67 Å². The molecule has 0 aliphatic rings. The third-order valence-electron chi connectivity index (χ3n) is 1.47. The fraction of sp³-hybridized carbons (Fsp3) is 0.333. The van der Waals surface area contributed by atoms with Crippen LogP contribution in [0.15, 0.2) is 20.9 Å². The summed E-state index contributed by atoms with van der Waals surface area (Å²) in [6.07, 6.45) is 1.34. The second-order valence-corrected chi connectivity index (χ2v) is 2.41. The van der Waals surface area contributed by atoms with Crippen LogP contribution in [0.25, 0.3) is 10.4 Å². The van der Waals surface area contributed by atoms with Crippen LogP contribution in [0.3, 0.4) is 0 Å². The molecular weight excluding hydrogens is 174 g/mol. The lowest BCUT2D eigenvalue weighted by atomic mass is 10.4. The Hall–Kier alpha value is -2.01. The molecule has 1 aromatic heterocycles. The maximum Gasteiger partial charge on any atom is 0.328 e. The molecule has 0 bridgehead atoms. The summed E-state index contributed by atoms with van der Waals surface area (Å²) >= 11 is 0. The largest absolute Gasteiger partial charge is 0.328 e. The summed E-state index contributed by atoms with van der Waals surface area (Å²) < 4.78 is 1.12. The van der Waals surface area contributed by atoms with Gasteiger partial charge in [0.15, 0.2) is 0 Å². The molecule has 1 N–H and O–H groups in total. The first kappa shape index (κ1) is 9.08. The molecule has 7 nitrogen and oxygen atoms in total. The number of aromatic nitrogens is 2. The van der Waals surface area contributed by atoms with Gasteiger partial charge >= 0.3 is 5.69 Å². The molecule has 68 valence electrons. The number of rotatable bonds is 2. The van der Waals surface area contributed by atoms with E-state index in [4.69, 9.17) is 5.53 Å². The molecule has 0 fully saturated rings. The van der Waals surface area contributed by atoms with E-state index < -0.39 is 11.2 Å². The lowest BCUT2D eigenvalue weighted by Gasteiger charge is -1.99. The van der Waals surface area contributed by atoms with Crippen LogP contribution in [-0.4, -0.2) is 9.55 Å². The van der Waals surface area contributed by atoms with Gasteiger partial charge in [-0.3, -0.25) is 14.3 Å². The Bertz CT molecular complexity index is 465. The molecule has 0 aliphatic carbocycles. The topological polar surface area (TPSA) is 104 Å². The van der Waals surface area contributed by atoms with Crippen molar-refractivity contribution < 1.29 is 0 Å².